The Morgan fingerprint density at radius 1 is 1.16 bits per heavy atom. The summed E-state index contributed by atoms with van der Waals surface area (Å²) in [5.74, 6) is -1.19. The van der Waals surface area contributed by atoms with Crippen LogP contribution in [0.2, 0.25) is 5.02 Å². The standard InChI is InChI=1S/C22H25ClN2O5S/c1-15-5-11-19(12-6-15)31(28,29)25-13-3-4-20(25)22(27)30-14-21(26)24-16(2)17-7-9-18(23)10-8-17/h5-12,16,20H,3-4,13-14H2,1-2H3,(H,24,26). The van der Waals surface area contributed by atoms with Gasteiger partial charge >= 0.3 is 5.97 Å². The number of esters is 1. The van der Waals surface area contributed by atoms with Gasteiger partial charge in [-0.05, 0) is 56.5 Å². The molecule has 7 nitrogen and oxygen atoms in total. The second-order valence-corrected chi connectivity index (χ2v) is 9.86. The van der Waals surface area contributed by atoms with Gasteiger partial charge in [0.2, 0.25) is 10.0 Å². The van der Waals surface area contributed by atoms with E-state index in [1.807, 2.05) is 6.92 Å². The molecule has 0 spiro atoms. The first-order valence-corrected chi connectivity index (χ1v) is 11.8. The molecule has 0 bridgehead atoms. The number of aryl methyl sites for hydroxylation is 1. The summed E-state index contributed by atoms with van der Waals surface area (Å²) in [6.07, 6.45) is 0.900. The Labute approximate surface area is 187 Å². The van der Waals surface area contributed by atoms with E-state index < -0.39 is 34.5 Å². The van der Waals surface area contributed by atoms with Crippen molar-refractivity contribution in [3.8, 4) is 0 Å². The van der Waals surface area contributed by atoms with Crippen LogP contribution in [0.3, 0.4) is 0 Å². The third-order valence-electron chi connectivity index (χ3n) is 5.20. The van der Waals surface area contributed by atoms with Gasteiger partial charge < -0.3 is 10.1 Å². The molecule has 2 aromatic carbocycles. The van der Waals surface area contributed by atoms with Gasteiger partial charge in [0, 0.05) is 11.6 Å². The molecular formula is C22H25ClN2O5S. The van der Waals surface area contributed by atoms with Crippen molar-refractivity contribution in [1.82, 2.24) is 9.62 Å². The van der Waals surface area contributed by atoms with Crippen LogP contribution >= 0.6 is 11.6 Å². The Bertz CT molecular complexity index is 1040. The zero-order chi connectivity index (χ0) is 22.6. The molecule has 166 valence electrons. The summed E-state index contributed by atoms with van der Waals surface area (Å²) >= 11 is 5.87. The van der Waals surface area contributed by atoms with E-state index >= 15 is 0 Å². The Morgan fingerprint density at radius 2 is 1.81 bits per heavy atom. The number of amides is 1. The Hall–Kier alpha value is -2.42. The SMILES string of the molecule is Cc1ccc(S(=O)(=O)N2CCCC2C(=O)OCC(=O)NC(C)c2ccc(Cl)cc2)cc1. The minimum absolute atomic E-state index is 0.132. The molecule has 0 saturated carbocycles. The second kappa shape index (κ2) is 9.80. The average Bonchev–Trinajstić information content (AvgIpc) is 3.24. The number of ether oxygens (including phenoxy) is 1. The normalized spacial score (nSPS) is 17.8. The van der Waals surface area contributed by atoms with Crippen LogP contribution in [0.4, 0.5) is 0 Å². The average molecular weight is 465 g/mol. The molecule has 1 amide bonds. The molecule has 1 aliphatic heterocycles. The monoisotopic (exact) mass is 464 g/mol. The first-order chi connectivity index (χ1) is 14.7. The minimum atomic E-state index is -3.83. The predicted octanol–water partition coefficient (Wildman–Crippen LogP) is 3.22. The molecule has 1 N–H and O–H groups in total. The molecule has 1 saturated heterocycles. The summed E-state index contributed by atoms with van der Waals surface area (Å²) in [5, 5.41) is 3.34. The number of nitrogens with zero attached hydrogens (tertiary/aromatic N) is 1. The fourth-order valence-corrected chi connectivity index (χ4v) is 5.23. The molecule has 1 heterocycles. The maximum atomic E-state index is 13.0. The number of benzene rings is 2. The molecule has 0 aromatic heterocycles. The van der Waals surface area contributed by atoms with E-state index in [4.69, 9.17) is 16.3 Å². The fourth-order valence-electron chi connectivity index (χ4n) is 3.46. The molecule has 9 heteroatoms. The lowest BCUT2D eigenvalue weighted by Crippen LogP contribution is -2.42. The fraction of sp³-hybridized carbons (Fsp3) is 0.364. The summed E-state index contributed by atoms with van der Waals surface area (Å²) in [6, 6.07) is 12.3. The molecule has 1 aliphatic rings. The van der Waals surface area contributed by atoms with Crippen molar-refractivity contribution in [2.75, 3.05) is 13.2 Å². The van der Waals surface area contributed by atoms with Gasteiger partial charge in [-0.2, -0.15) is 4.31 Å². The van der Waals surface area contributed by atoms with E-state index in [-0.39, 0.29) is 17.5 Å². The number of nitrogens with one attached hydrogen (secondary N) is 1. The summed E-state index contributed by atoms with van der Waals surface area (Å²) < 4.78 is 32.2. The summed E-state index contributed by atoms with van der Waals surface area (Å²) in [4.78, 5) is 24.9. The summed E-state index contributed by atoms with van der Waals surface area (Å²) in [7, 11) is -3.83. The lowest BCUT2D eigenvalue weighted by molar-refractivity contribution is -0.151. The van der Waals surface area contributed by atoms with Crippen molar-refractivity contribution in [2.24, 2.45) is 0 Å². The van der Waals surface area contributed by atoms with Crippen molar-refractivity contribution in [3.05, 3.63) is 64.7 Å². The van der Waals surface area contributed by atoms with E-state index in [0.717, 1.165) is 15.4 Å². The zero-order valence-electron chi connectivity index (χ0n) is 17.4. The topological polar surface area (TPSA) is 92.8 Å². The van der Waals surface area contributed by atoms with Gasteiger partial charge in [-0.1, -0.05) is 41.4 Å². The van der Waals surface area contributed by atoms with E-state index in [2.05, 4.69) is 5.32 Å². The van der Waals surface area contributed by atoms with Gasteiger partial charge in [-0.15, -0.1) is 0 Å². The number of sulfonamides is 1. The smallest absolute Gasteiger partial charge is 0.324 e. The molecule has 31 heavy (non-hydrogen) atoms. The van der Waals surface area contributed by atoms with Gasteiger partial charge in [0.05, 0.1) is 10.9 Å². The first-order valence-electron chi connectivity index (χ1n) is 9.98. The largest absolute Gasteiger partial charge is 0.454 e. The van der Waals surface area contributed by atoms with Crippen molar-refractivity contribution >= 4 is 33.5 Å². The summed E-state index contributed by atoms with van der Waals surface area (Å²) in [6.45, 7) is 3.42. The van der Waals surface area contributed by atoms with Gasteiger partial charge in [-0.25, -0.2) is 8.42 Å². The van der Waals surface area contributed by atoms with E-state index in [1.165, 1.54) is 12.1 Å². The van der Waals surface area contributed by atoms with Crippen molar-refractivity contribution in [3.63, 3.8) is 0 Å². The van der Waals surface area contributed by atoms with Crippen LogP contribution in [0.15, 0.2) is 53.4 Å². The highest BCUT2D eigenvalue weighted by molar-refractivity contribution is 7.89. The number of hydrogen-bond acceptors (Lipinski definition) is 5. The van der Waals surface area contributed by atoms with Crippen LogP contribution < -0.4 is 5.32 Å². The third-order valence-corrected chi connectivity index (χ3v) is 7.37. The first kappa shape index (κ1) is 23.2. The van der Waals surface area contributed by atoms with Crippen LogP contribution in [0.1, 0.15) is 36.9 Å². The lowest BCUT2D eigenvalue weighted by atomic mass is 10.1. The van der Waals surface area contributed by atoms with Crippen molar-refractivity contribution < 1.29 is 22.7 Å². The maximum Gasteiger partial charge on any atom is 0.324 e. The van der Waals surface area contributed by atoms with Crippen molar-refractivity contribution in [2.45, 2.75) is 43.7 Å². The van der Waals surface area contributed by atoms with Crippen LogP contribution in [0.25, 0.3) is 0 Å². The van der Waals surface area contributed by atoms with Gasteiger partial charge in [0.1, 0.15) is 6.04 Å². The molecule has 3 rings (SSSR count). The van der Waals surface area contributed by atoms with Gasteiger partial charge in [-0.3, -0.25) is 9.59 Å². The number of hydrogen-bond donors (Lipinski definition) is 1. The van der Waals surface area contributed by atoms with Crippen LogP contribution in [0.5, 0.6) is 0 Å². The predicted molar refractivity (Wildman–Crippen MR) is 117 cm³/mol. The maximum absolute atomic E-state index is 13.0. The van der Waals surface area contributed by atoms with Crippen LogP contribution in [-0.2, 0) is 24.3 Å². The van der Waals surface area contributed by atoms with Crippen LogP contribution in [-0.4, -0.2) is 43.8 Å². The number of halogens is 1. The lowest BCUT2D eigenvalue weighted by Gasteiger charge is -2.23. The molecule has 0 aliphatic carbocycles. The molecule has 1 fully saturated rings. The quantitative estimate of drug-likeness (QED) is 0.635. The Balaban J connectivity index is 1.58. The molecule has 2 atom stereocenters. The van der Waals surface area contributed by atoms with Crippen molar-refractivity contribution in [1.29, 1.82) is 0 Å². The number of carbonyl (C=O) groups is 2. The molecular weight excluding hydrogens is 440 g/mol. The zero-order valence-corrected chi connectivity index (χ0v) is 18.9. The molecule has 2 aromatic rings. The van der Waals surface area contributed by atoms with Crippen LogP contribution in [0, 0.1) is 6.92 Å². The molecule has 0 radical (unpaired) electrons. The van der Waals surface area contributed by atoms with E-state index in [1.54, 1.807) is 43.3 Å². The second-order valence-electron chi connectivity index (χ2n) is 7.54. The third kappa shape index (κ3) is 5.64. The van der Waals surface area contributed by atoms with E-state index in [9.17, 15) is 18.0 Å². The number of rotatable bonds is 7. The summed E-state index contributed by atoms with van der Waals surface area (Å²) in [5.41, 5.74) is 1.80. The Morgan fingerprint density at radius 3 is 2.45 bits per heavy atom. The highest BCUT2D eigenvalue weighted by atomic mass is 35.5. The highest BCUT2D eigenvalue weighted by Crippen LogP contribution is 2.27. The Kier molecular flexibility index (Phi) is 7.35. The minimum Gasteiger partial charge on any atom is -0.454 e. The number of carbonyl (C=O) groups excluding carboxylic acids is 2. The van der Waals surface area contributed by atoms with Gasteiger partial charge in [0.25, 0.3) is 5.91 Å². The van der Waals surface area contributed by atoms with E-state index in [0.29, 0.717) is 17.9 Å². The highest BCUT2D eigenvalue weighted by Gasteiger charge is 2.40. The molecule has 2 unspecified atom stereocenters. The van der Waals surface area contributed by atoms with Gasteiger partial charge in [0.15, 0.2) is 6.61 Å².